The van der Waals surface area contributed by atoms with E-state index in [9.17, 15) is 13.2 Å². The third-order valence-electron chi connectivity index (χ3n) is 2.81. The monoisotopic (exact) mass is 323 g/mol. The lowest BCUT2D eigenvalue weighted by Crippen LogP contribution is -2.38. The van der Waals surface area contributed by atoms with E-state index in [0.717, 1.165) is 11.3 Å². The van der Waals surface area contributed by atoms with Crippen LogP contribution in [0, 0.1) is 0 Å². The normalized spacial score (nSPS) is 18.7. The molecule has 1 unspecified atom stereocenters. The summed E-state index contributed by atoms with van der Waals surface area (Å²) in [5.74, 6) is 0.762. The number of benzene rings is 1. The highest BCUT2D eigenvalue weighted by molar-refractivity contribution is 9.09. The summed E-state index contributed by atoms with van der Waals surface area (Å²) in [5.41, 5.74) is 0.928. The molecule has 1 atom stereocenters. The van der Waals surface area contributed by atoms with Crippen LogP contribution in [0.4, 0.5) is 13.2 Å². The van der Waals surface area contributed by atoms with Gasteiger partial charge in [-0.15, -0.1) is 0 Å². The number of halogens is 4. The van der Waals surface area contributed by atoms with Crippen LogP contribution in [-0.4, -0.2) is 35.6 Å². The standard InChI is InChI=1S/C12H13BrF3NO/c13-11(12(14,15)16)8-17-5-6-18-10-4-2-1-3-9(10)7-17/h1-4,11H,5-8H2. The maximum Gasteiger partial charge on any atom is 0.402 e. The maximum absolute atomic E-state index is 12.5. The van der Waals surface area contributed by atoms with Crippen LogP contribution in [0.25, 0.3) is 0 Å². The summed E-state index contributed by atoms with van der Waals surface area (Å²) >= 11 is 2.69. The third kappa shape index (κ3) is 3.38. The molecule has 0 spiro atoms. The first-order valence-corrected chi connectivity index (χ1v) is 6.52. The molecule has 18 heavy (non-hydrogen) atoms. The summed E-state index contributed by atoms with van der Waals surface area (Å²) in [6.45, 7) is 1.32. The highest BCUT2D eigenvalue weighted by atomic mass is 79.9. The Hall–Kier alpha value is -0.750. The largest absolute Gasteiger partial charge is 0.492 e. The first-order valence-electron chi connectivity index (χ1n) is 5.60. The van der Waals surface area contributed by atoms with Crippen LogP contribution in [0.15, 0.2) is 24.3 Å². The van der Waals surface area contributed by atoms with Crippen LogP contribution in [-0.2, 0) is 6.54 Å². The number of para-hydroxylation sites is 1. The minimum Gasteiger partial charge on any atom is -0.492 e. The number of hydrogen-bond acceptors (Lipinski definition) is 2. The molecule has 0 amide bonds. The Labute approximate surface area is 112 Å². The molecule has 0 aromatic heterocycles. The smallest absolute Gasteiger partial charge is 0.402 e. The van der Waals surface area contributed by atoms with Crippen LogP contribution in [0.5, 0.6) is 5.75 Å². The van der Waals surface area contributed by atoms with E-state index in [2.05, 4.69) is 15.9 Å². The van der Waals surface area contributed by atoms with Gasteiger partial charge in [0.2, 0.25) is 0 Å². The molecule has 1 aliphatic heterocycles. The lowest BCUT2D eigenvalue weighted by atomic mass is 10.2. The maximum atomic E-state index is 12.5. The summed E-state index contributed by atoms with van der Waals surface area (Å²) in [4.78, 5) is 0.244. The zero-order chi connectivity index (χ0) is 13.2. The number of fused-ring (bicyclic) bond motifs is 1. The third-order valence-corrected chi connectivity index (χ3v) is 3.61. The average molecular weight is 324 g/mol. The van der Waals surface area contributed by atoms with Gasteiger partial charge in [-0.05, 0) is 6.07 Å². The summed E-state index contributed by atoms with van der Waals surface area (Å²) in [6.07, 6.45) is -4.22. The molecule has 1 aromatic rings. The van der Waals surface area contributed by atoms with Gasteiger partial charge in [-0.3, -0.25) is 4.90 Å². The van der Waals surface area contributed by atoms with Gasteiger partial charge >= 0.3 is 6.18 Å². The van der Waals surface area contributed by atoms with E-state index in [1.807, 2.05) is 24.3 Å². The van der Waals surface area contributed by atoms with E-state index >= 15 is 0 Å². The average Bonchev–Trinajstić information content (AvgIpc) is 2.49. The first-order chi connectivity index (χ1) is 8.47. The van der Waals surface area contributed by atoms with Crippen molar-refractivity contribution in [2.75, 3.05) is 19.7 Å². The Morgan fingerprint density at radius 2 is 2.06 bits per heavy atom. The minimum atomic E-state index is -4.22. The molecule has 0 bridgehead atoms. The number of ether oxygens (including phenoxy) is 1. The molecule has 0 radical (unpaired) electrons. The molecule has 1 heterocycles. The second kappa shape index (κ2) is 5.48. The molecule has 2 nitrogen and oxygen atoms in total. The molecule has 0 saturated heterocycles. The van der Waals surface area contributed by atoms with Crippen molar-refractivity contribution in [1.29, 1.82) is 0 Å². The summed E-state index contributed by atoms with van der Waals surface area (Å²) < 4.78 is 43.0. The summed E-state index contributed by atoms with van der Waals surface area (Å²) in [6, 6.07) is 7.44. The van der Waals surface area contributed by atoms with Crippen molar-refractivity contribution < 1.29 is 17.9 Å². The molecule has 0 fully saturated rings. The van der Waals surface area contributed by atoms with E-state index in [1.165, 1.54) is 0 Å². The van der Waals surface area contributed by atoms with Crippen molar-refractivity contribution in [2.45, 2.75) is 17.5 Å². The second-order valence-corrected chi connectivity index (χ2v) is 5.31. The van der Waals surface area contributed by atoms with Crippen molar-refractivity contribution in [2.24, 2.45) is 0 Å². The van der Waals surface area contributed by atoms with Gasteiger partial charge in [0.15, 0.2) is 0 Å². The van der Waals surface area contributed by atoms with E-state index in [1.54, 1.807) is 4.90 Å². The molecule has 2 rings (SSSR count). The second-order valence-electron chi connectivity index (χ2n) is 4.20. The van der Waals surface area contributed by atoms with E-state index in [-0.39, 0.29) is 6.54 Å². The fraction of sp³-hybridized carbons (Fsp3) is 0.500. The van der Waals surface area contributed by atoms with Crippen LogP contribution >= 0.6 is 15.9 Å². The zero-order valence-electron chi connectivity index (χ0n) is 9.58. The molecule has 0 aliphatic carbocycles. The molecule has 100 valence electrons. The highest BCUT2D eigenvalue weighted by Crippen LogP contribution is 2.29. The molecule has 1 aromatic carbocycles. The Balaban J connectivity index is 2.04. The van der Waals surface area contributed by atoms with Crippen LogP contribution in [0.2, 0.25) is 0 Å². The predicted molar refractivity (Wildman–Crippen MR) is 66.0 cm³/mol. The molecule has 0 saturated carbocycles. The van der Waals surface area contributed by atoms with Crippen LogP contribution in [0.3, 0.4) is 0 Å². The highest BCUT2D eigenvalue weighted by Gasteiger charge is 2.38. The fourth-order valence-electron chi connectivity index (χ4n) is 1.87. The number of alkyl halides is 4. The number of hydrogen-bond donors (Lipinski definition) is 0. The number of nitrogens with zero attached hydrogens (tertiary/aromatic N) is 1. The Bertz CT molecular complexity index is 411. The van der Waals surface area contributed by atoms with Gasteiger partial charge in [0.05, 0.1) is 0 Å². The van der Waals surface area contributed by atoms with E-state index in [0.29, 0.717) is 19.7 Å². The van der Waals surface area contributed by atoms with Crippen LogP contribution < -0.4 is 4.74 Å². The summed E-state index contributed by atoms with van der Waals surface area (Å²) in [7, 11) is 0. The quantitative estimate of drug-likeness (QED) is 0.775. The van der Waals surface area contributed by atoms with Crippen molar-refractivity contribution in [3.8, 4) is 5.75 Å². The molecule has 6 heteroatoms. The Morgan fingerprint density at radius 3 is 2.78 bits per heavy atom. The van der Waals surface area contributed by atoms with Crippen LogP contribution in [0.1, 0.15) is 5.56 Å². The molecule has 1 aliphatic rings. The lowest BCUT2D eigenvalue weighted by molar-refractivity contribution is -0.130. The van der Waals surface area contributed by atoms with Gasteiger partial charge in [0.1, 0.15) is 17.2 Å². The number of rotatable bonds is 2. The zero-order valence-corrected chi connectivity index (χ0v) is 11.2. The Morgan fingerprint density at radius 1 is 1.33 bits per heavy atom. The van der Waals surface area contributed by atoms with Gasteiger partial charge < -0.3 is 4.74 Å². The predicted octanol–water partition coefficient (Wildman–Crippen LogP) is 3.21. The van der Waals surface area contributed by atoms with Gasteiger partial charge in [-0.2, -0.15) is 13.2 Å². The van der Waals surface area contributed by atoms with Crippen molar-refractivity contribution in [3.63, 3.8) is 0 Å². The SMILES string of the molecule is FC(F)(F)C(Br)CN1CCOc2ccccc2C1. The van der Waals surface area contributed by atoms with Gasteiger partial charge in [0, 0.05) is 25.2 Å². The van der Waals surface area contributed by atoms with Gasteiger partial charge in [-0.1, -0.05) is 34.1 Å². The Kier molecular flexibility index (Phi) is 4.17. The van der Waals surface area contributed by atoms with Crippen molar-refractivity contribution in [1.82, 2.24) is 4.90 Å². The first kappa shape index (κ1) is 13.7. The van der Waals surface area contributed by atoms with Gasteiger partial charge in [-0.25, -0.2) is 0 Å². The fourth-order valence-corrected chi connectivity index (χ4v) is 2.28. The molecular weight excluding hydrogens is 311 g/mol. The molecular formula is C12H13BrF3NO. The van der Waals surface area contributed by atoms with Crippen molar-refractivity contribution in [3.05, 3.63) is 29.8 Å². The van der Waals surface area contributed by atoms with E-state index < -0.39 is 11.0 Å². The lowest BCUT2D eigenvalue weighted by Gasteiger charge is -2.23. The molecule has 0 N–H and O–H groups in total. The minimum absolute atomic E-state index is 0.0683. The topological polar surface area (TPSA) is 12.5 Å². The van der Waals surface area contributed by atoms with Gasteiger partial charge in [0.25, 0.3) is 0 Å². The van der Waals surface area contributed by atoms with E-state index in [4.69, 9.17) is 4.74 Å². The summed E-state index contributed by atoms with van der Waals surface area (Å²) in [5, 5.41) is 0. The van der Waals surface area contributed by atoms with Crippen molar-refractivity contribution >= 4 is 15.9 Å².